The number of rotatable bonds is 4. The molecule has 1 aliphatic rings. The van der Waals surface area contributed by atoms with Crippen LogP contribution in [0.2, 0.25) is 0 Å². The van der Waals surface area contributed by atoms with Gasteiger partial charge in [-0.25, -0.2) is 0 Å². The lowest BCUT2D eigenvalue weighted by Crippen LogP contribution is -2.47. The van der Waals surface area contributed by atoms with Gasteiger partial charge in [0.25, 0.3) is 0 Å². The summed E-state index contributed by atoms with van der Waals surface area (Å²) in [5.41, 5.74) is 6.16. The fraction of sp³-hybridized carbons (Fsp3) is 0.364. The molecule has 1 aromatic heterocycles. The van der Waals surface area contributed by atoms with Crippen LogP contribution in [-0.4, -0.2) is 25.7 Å². The maximum atomic E-state index is 5.56. The number of aromatic nitrogens is 1. The molecule has 2 aromatic carbocycles. The number of H-pyrrole nitrogens is 1. The quantitative estimate of drug-likeness (QED) is 0.738. The van der Waals surface area contributed by atoms with Gasteiger partial charge in [-0.2, -0.15) is 0 Å². The molecule has 1 aliphatic heterocycles. The van der Waals surface area contributed by atoms with Crippen molar-refractivity contribution in [3.63, 3.8) is 0 Å². The van der Waals surface area contributed by atoms with Crippen molar-refractivity contribution < 1.29 is 9.47 Å². The average molecular weight is 350 g/mol. The van der Waals surface area contributed by atoms with Crippen LogP contribution >= 0.6 is 0 Å². The predicted molar refractivity (Wildman–Crippen MR) is 105 cm³/mol. The summed E-state index contributed by atoms with van der Waals surface area (Å²) in [6, 6.07) is 12.9. The number of fused-ring (bicyclic) bond motifs is 3. The zero-order chi connectivity index (χ0) is 18.3. The van der Waals surface area contributed by atoms with Gasteiger partial charge in [0.05, 0.1) is 19.8 Å². The van der Waals surface area contributed by atoms with Gasteiger partial charge >= 0.3 is 0 Å². The maximum Gasteiger partial charge on any atom is 0.161 e. The van der Waals surface area contributed by atoms with Crippen molar-refractivity contribution in [2.75, 3.05) is 20.8 Å². The first-order valence-electron chi connectivity index (χ1n) is 9.22. The van der Waals surface area contributed by atoms with E-state index in [1.165, 1.54) is 33.3 Å². The van der Waals surface area contributed by atoms with E-state index in [0.717, 1.165) is 30.9 Å². The minimum absolute atomic E-state index is 0.250. The van der Waals surface area contributed by atoms with Gasteiger partial charge in [0.1, 0.15) is 0 Å². The lowest BCUT2D eigenvalue weighted by atomic mass is 9.79. The molecule has 3 aromatic rings. The van der Waals surface area contributed by atoms with Gasteiger partial charge in [0, 0.05) is 23.1 Å². The molecule has 0 radical (unpaired) electrons. The third kappa shape index (κ3) is 2.40. The molecular weight excluding hydrogens is 324 g/mol. The van der Waals surface area contributed by atoms with Crippen LogP contribution in [0.1, 0.15) is 35.7 Å². The van der Waals surface area contributed by atoms with Gasteiger partial charge in [-0.15, -0.1) is 0 Å². The van der Waals surface area contributed by atoms with Crippen molar-refractivity contribution >= 4 is 10.9 Å². The highest BCUT2D eigenvalue weighted by molar-refractivity contribution is 5.86. The summed E-state index contributed by atoms with van der Waals surface area (Å²) in [6.45, 7) is 5.34. The fourth-order valence-electron chi connectivity index (χ4n) is 4.33. The highest BCUT2D eigenvalue weighted by Gasteiger charge is 2.39. The van der Waals surface area contributed by atoms with Crippen LogP contribution in [0, 0.1) is 6.92 Å². The second-order valence-corrected chi connectivity index (χ2v) is 7.03. The highest BCUT2D eigenvalue weighted by atomic mass is 16.5. The Morgan fingerprint density at radius 1 is 1.04 bits per heavy atom. The number of aryl methyl sites for hydroxylation is 1. The Kier molecular flexibility index (Phi) is 4.16. The van der Waals surface area contributed by atoms with Gasteiger partial charge in [0.2, 0.25) is 0 Å². The summed E-state index contributed by atoms with van der Waals surface area (Å²) in [6.07, 6.45) is 1.98. The number of benzene rings is 2. The van der Waals surface area contributed by atoms with Gasteiger partial charge in [-0.3, -0.25) is 0 Å². The molecular formula is C22H26N2O2. The molecule has 2 N–H and O–H groups in total. The lowest BCUT2D eigenvalue weighted by Gasteiger charge is -2.38. The molecule has 26 heavy (non-hydrogen) atoms. The molecule has 0 saturated heterocycles. The van der Waals surface area contributed by atoms with Crippen LogP contribution in [0.4, 0.5) is 0 Å². The Balaban J connectivity index is 1.94. The topological polar surface area (TPSA) is 46.3 Å². The number of nitrogens with one attached hydrogen (secondary N) is 2. The van der Waals surface area contributed by atoms with E-state index in [4.69, 9.17) is 9.47 Å². The molecule has 0 amide bonds. The van der Waals surface area contributed by atoms with Crippen molar-refractivity contribution in [2.24, 2.45) is 0 Å². The van der Waals surface area contributed by atoms with Gasteiger partial charge < -0.3 is 19.8 Å². The Hall–Kier alpha value is -2.46. The van der Waals surface area contributed by atoms with E-state index in [0.29, 0.717) is 0 Å². The van der Waals surface area contributed by atoms with E-state index in [1.54, 1.807) is 14.2 Å². The van der Waals surface area contributed by atoms with Crippen molar-refractivity contribution in [3.05, 3.63) is 58.8 Å². The van der Waals surface area contributed by atoms with E-state index in [9.17, 15) is 0 Å². The Bertz CT molecular complexity index is 960. The molecule has 1 unspecified atom stereocenters. The van der Waals surface area contributed by atoms with Crippen LogP contribution in [-0.2, 0) is 12.0 Å². The third-order valence-corrected chi connectivity index (χ3v) is 5.70. The average Bonchev–Trinajstić information content (AvgIpc) is 3.05. The maximum absolute atomic E-state index is 5.56. The first-order valence-corrected chi connectivity index (χ1v) is 9.22. The van der Waals surface area contributed by atoms with E-state index < -0.39 is 0 Å². The Morgan fingerprint density at radius 2 is 1.85 bits per heavy atom. The number of methoxy groups -OCH3 is 2. The second kappa shape index (κ2) is 6.36. The summed E-state index contributed by atoms with van der Waals surface area (Å²) in [4.78, 5) is 3.72. The van der Waals surface area contributed by atoms with E-state index in [1.807, 2.05) is 6.07 Å². The number of ether oxygens (including phenoxy) is 2. The summed E-state index contributed by atoms with van der Waals surface area (Å²) >= 11 is 0. The summed E-state index contributed by atoms with van der Waals surface area (Å²) in [7, 11) is 3.36. The molecule has 1 atom stereocenters. The lowest BCUT2D eigenvalue weighted by molar-refractivity contribution is 0.342. The molecule has 0 fully saturated rings. The number of aromatic amines is 1. The van der Waals surface area contributed by atoms with Crippen molar-refractivity contribution in [3.8, 4) is 11.5 Å². The minimum Gasteiger partial charge on any atom is -0.493 e. The molecule has 0 aliphatic carbocycles. The van der Waals surface area contributed by atoms with E-state index >= 15 is 0 Å². The van der Waals surface area contributed by atoms with Crippen molar-refractivity contribution in [1.29, 1.82) is 0 Å². The smallest absolute Gasteiger partial charge is 0.161 e. The molecule has 4 rings (SSSR count). The van der Waals surface area contributed by atoms with Crippen LogP contribution in [0.5, 0.6) is 11.5 Å². The zero-order valence-corrected chi connectivity index (χ0v) is 15.9. The SMILES string of the molecule is CCC1(c2ccc(OC)c(OC)c2)NCCc2c1[nH]c1ccc(C)cc21. The zero-order valence-electron chi connectivity index (χ0n) is 15.9. The first-order chi connectivity index (χ1) is 12.6. The number of hydrogen-bond acceptors (Lipinski definition) is 3. The van der Waals surface area contributed by atoms with Crippen molar-refractivity contribution in [1.82, 2.24) is 10.3 Å². The summed E-state index contributed by atoms with van der Waals surface area (Å²) in [5.74, 6) is 1.52. The second-order valence-electron chi connectivity index (χ2n) is 7.03. The van der Waals surface area contributed by atoms with Crippen LogP contribution in [0.15, 0.2) is 36.4 Å². The largest absolute Gasteiger partial charge is 0.493 e. The first kappa shape index (κ1) is 17.0. The minimum atomic E-state index is -0.250. The van der Waals surface area contributed by atoms with Crippen LogP contribution in [0.3, 0.4) is 0 Å². The van der Waals surface area contributed by atoms with E-state index in [2.05, 4.69) is 54.5 Å². The van der Waals surface area contributed by atoms with Crippen LogP contribution < -0.4 is 14.8 Å². The highest BCUT2D eigenvalue weighted by Crippen LogP contribution is 2.42. The van der Waals surface area contributed by atoms with Gasteiger partial charge in [0.15, 0.2) is 11.5 Å². The van der Waals surface area contributed by atoms with Gasteiger partial charge in [-0.1, -0.05) is 24.6 Å². The fourth-order valence-corrected chi connectivity index (χ4v) is 4.33. The molecule has 0 bridgehead atoms. The summed E-state index contributed by atoms with van der Waals surface area (Å²) < 4.78 is 11.0. The molecule has 0 saturated carbocycles. The summed E-state index contributed by atoms with van der Waals surface area (Å²) in [5, 5.41) is 5.14. The monoisotopic (exact) mass is 350 g/mol. The molecule has 2 heterocycles. The normalized spacial score (nSPS) is 19.4. The number of hydrogen-bond donors (Lipinski definition) is 2. The Morgan fingerprint density at radius 3 is 2.58 bits per heavy atom. The van der Waals surface area contributed by atoms with Gasteiger partial charge in [-0.05, 0) is 55.2 Å². The van der Waals surface area contributed by atoms with Crippen molar-refractivity contribution in [2.45, 2.75) is 32.2 Å². The molecule has 0 spiro atoms. The standard InChI is InChI=1S/C22H26N2O2/c1-5-22(15-7-9-19(25-3)20(13-15)26-4)21-16(10-11-23-22)17-12-14(2)6-8-18(17)24-21/h6-9,12-13,23-24H,5,10-11H2,1-4H3. The third-order valence-electron chi connectivity index (χ3n) is 5.70. The van der Waals surface area contributed by atoms with Crippen LogP contribution in [0.25, 0.3) is 10.9 Å². The predicted octanol–water partition coefficient (Wildman–Crippen LogP) is 4.29. The molecule has 4 heteroatoms. The molecule has 136 valence electrons. The molecule has 4 nitrogen and oxygen atoms in total. The van der Waals surface area contributed by atoms with E-state index in [-0.39, 0.29) is 5.54 Å². The Labute approximate surface area is 154 Å².